The molecular weight excluding hydrogens is 454 g/mol. The molecule has 180 valence electrons. The smallest absolute Gasteiger partial charge is 0.300 e. The molecule has 7 nitrogen and oxygen atoms in total. The topological polar surface area (TPSA) is 96.9 Å². The number of phenolic OH excluding ortho intramolecular Hbond substituents is 1. The maximum atomic E-state index is 13.4. The van der Waals surface area contributed by atoms with E-state index < -0.39 is 17.7 Å². The number of aromatic amines is 1. The van der Waals surface area contributed by atoms with Gasteiger partial charge in [-0.25, -0.2) is 0 Å². The summed E-state index contributed by atoms with van der Waals surface area (Å²) in [6.45, 7) is 2.00. The quantitative estimate of drug-likeness (QED) is 0.215. The fourth-order valence-electron chi connectivity index (χ4n) is 5.32. The van der Waals surface area contributed by atoms with Crippen molar-refractivity contribution in [1.82, 2.24) is 4.98 Å². The minimum atomic E-state index is -0.900. The number of aliphatic hydroxyl groups excluding tert-OH is 1. The molecule has 2 fully saturated rings. The summed E-state index contributed by atoms with van der Waals surface area (Å²) in [5.41, 5.74) is 3.38. The number of carbonyl (C=O) groups excluding carboxylic acids is 2. The number of carbonyl (C=O) groups is 2. The van der Waals surface area contributed by atoms with Gasteiger partial charge in [-0.3, -0.25) is 14.5 Å². The van der Waals surface area contributed by atoms with Gasteiger partial charge in [0, 0.05) is 47.1 Å². The summed E-state index contributed by atoms with van der Waals surface area (Å²) in [6.07, 6.45) is 3.95. The van der Waals surface area contributed by atoms with Crippen LogP contribution in [0.2, 0.25) is 0 Å². The molecule has 1 aromatic heterocycles. The highest BCUT2D eigenvalue weighted by Gasteiger charge is 2.47. The van der Waals surface area contributed by atoms with Crippen LogP contribution in [0.1, 0.15) is 30.0 Å². The summed E-state index contributed by atoms with van der Waals surface area (Å²) in [7, 11) is 0. The van der Waals surface area contributed by atoms with Gasteiger partial charge in [-0.05, 0) is 60.9 Å². The number of amides is 1. The summed E-state index contributed by atoms with van der Waals surface area (Å²) >= 11 is 0. The maximum absolute atomic E-state index is 13.4. The lowest BCUT2D eigenvalue weighted by atomic mass is 9.95. The van der Waals surface area contributed by atoms with Gasteiger partial charge in [0.15, 0.2) is 0 Å². The maximum Gasteiger partial charge on any atom is 0.300 e. The molecule has 1 unspecified atom stereocenters. The standard InChI is InChI=1S/C29H25N3O4/c33-21-7-5-6-18(16-21)26-25(27(34)23-17-30-24-9-2-1-8-22(23)24)28(35)29(36)32(26)20-12-10-19(11-13-20)31-14-3-4-15-31/h1-2,5-13,16-17,26,30,33-34H,3-4,14-15H2/b27-25-. The summed E-state index contributed by atoms with van der Waals surface area (Å²) in [5.74, 6) is -1.74. The predicted octanol–water partition coefficient (Wildman–Crippen LogP) is 5.10. The molecule has 6 rings (SSSR count). The molecule has 4 aromatic rings. The van der Waals surface area contributed by atoms with Gasteiger partial charge in [0.1, 0.15) is 11.5 Å². The Hall–Kier alpha value is -4.52. The second-order valence-electron chi connectivity index (χ2n) is 9.22. The molecule has 0 aliphatic carbocycles. The Morgan fingerprint density at radius 2 is 1.61 bits per heavy atom. The number of nitrogens with zero attached hydrogens (tertiary/aromatic N) is 2. The van der Waals surface area contributed by atoms with Gasteiger partial charge in [0.2, 0.25) is 0 Å². The number of nitrogens with one attached hydrogen (secondary N) is 1. The zero-order chi connectivity index (χ0) is 24.8. The predicted molar refractivity (Wildman–Crippen MR) is 139 cm³/mol. The van der Waals surface area contributed by atoms with E-state index in [4.69, 9.17) is 0 Å². The lowest BCUT2D eigenvalue weighted by Crippen LogP contribution is -2.29. The van der Waals surface area contributed by atoms with Crippen LogP contribution in [0.25, 0.3) is 16.7 Å². The Bertz CT molecular complexity index is 1510. The lowest BCUT2D eigenvalue weighted by molar-refractivity contribution is -0.132. The van der Waals surface area contributed by atoms with Crippen LogP contribution in [0.4, 0.5) is 11.4 Å². The van der Waals surface area contributed by atoms with E-state index in [9.17, 15) is 19.8 Å². The van der Waals surface area contributed by atoms with Gasteiger partial charge in [0.25, 0.3) is 11.7 Å². The molecule has 3 aromatic carbocycles. The van der Waals surface area contributed by atoms with Crippen LogP contribution < -0.4 is 9.80 Å². The summed E-state index contributed by atoms with van der Waals surface area (Å²) in [6, 6.07) is 20.6. The van der Waals surface area contributed by atoms with Crippen LogP contribution in [0.15, 0.2) is 84.6 Å². The number of aromatic nitrogens is 1. The van der Waals surface area contributed by atoms with Crippen LogP contribution >= 0.6 is 0 Å². The van der Waals surface area contributed by atoms with Gasteiger partial charge >= 0.3 is 0 Å². The van der Waals surface area contributed by atoms with E-state index in [1.54, 1.807) is 18.3 Å². The zero-order valence-corrected chi connectivity index (χ0v) is 19.5. The third kappa shape index (κ3) is 3.51. The minimum Gasteiger partial charge on any atom is -0.508 e. The number of Topliss-reactive ketones (excluding diaryl/α,β-unsaturated/α-hetero) is 1. The number of aromatic hydroxyl groups is 1. The highest BCUT2D eigenvalue weighted by atomic mass is 16.3. The first-order valence-electron chi connectivity index (χ1n) is 12.0. The van der Waals surface area contributed by atoms with Crippen molar-refractivity contribution in [2.45, 2.75) is 18.9 Å². The largest absolute Gasteiger partial charge is 0.508 e. The number of ketones is 1. The number of H-pyrrole nitrogens is 1. The Balaban J connectivity index is 1.50. The summed E-state index contributed by atoms with van der Waals surface area (Å²) in [4.78, 5) is 33.6. The van der Waals surface area contributed by atoms with Crippen LogP contribution in [0.3, 0.4) is 0 Å². The van der Waals surface area contributed by atoms with Crippen molar-refractivity contribution in [3.63, 3.8) is 0 Å². The zero-order valence-electron chi connectivity index (χ0n) is 19.5. The van der Waals surface area contributed by atoms with Gasteiger partial charge in [-0.15, -0.1) is 0 Å². The summed E-state index contributed by atoms with van der Waals surface area (Å²) in [5, 5.41) is 22.4. The van der Waals surface area contributed by atoms with Crippen molar-refractivity contribution in [1.29, 1.82) is 0 Å². The molecule has 7 heteroatoms. The minimum absolute atomic E-state index is 0.00885. The number of benzene rings is 3. The monoisotopic (exact) mass is 479 g/mol. The van der Waals surface area contributed by atoms with Crippen LogP contribution in [0.5, 0.6) is 5.75 Å². The van der Waals surface area contributed by atoms with Gasteiger partial charge < -0.3 is 20.1 Å². The molecular formula is C29H25N3O4. The van der Waals surface area contributed by atoms with Gasteiger partial charge in [-0.1, -0.05) is 30.3 Å². The summed E-state index contributed by atoms with van der Waals surface area (Å²) < 4.78 is 0. The van der Waals surface area contributed by atoms with E-state index in [2.05, 4.69) is 9.88 Å². The van der Waals surface area contributed by atoms with Crippen molar-refractivity contribution in [2.75, 3.05) is 22.9 Å². The fourth-order valence-corrected chi connectivity index (χ4v) is 5.32. The van der Waals surface area contributed by atoms with Crippen molar-refractivity contribution in [3.05, 3.63) is 95.7 Å². The third-order valence-electron chi connectivity index (χ3n) is 7.07. The molecule has 3 heterocycles. The highest BCUT2D eigenvalue weighted by molar-refractivity contribution is 6.51. The molecule has 2 aliphatic heterocycles. The average Bonchev–Trinajstić information content (AvgIpc) is 3.63. The van der Waals surface area contributed by atoms with E-state index in [1.807, 2.05) is 48.5 Å². The molecule has 0 saturated carbocycles. The first-order valence-corrected chi connectivity index (χ1v) is 12.0. The van der Waals surface area contributed by atoms with Crippen LogP contribution in [-0.4, -0.2) is 40.0 Å². The second kappa shape index (κ2) is 8.61. The molecule has 1 atom stereocenters. The number of hydrogen-bond acceptors (Lipinski definition) is 5. The van der Waals surface area contributed by atoms with E-state index in [0.29, 0.717) is 16.8 Å². The molecule has 2 saturated heterocycles. The van der Waals surface area contributed by atoms with Crippen molar-refractivity contribution in [2.24, 2.45) is 0 Å². The number of rotatable bonds is 4. The number of aliphatic hydroxyl groups is 1. The van der Waals surface area contributed by atoms with E-state index >= 15 is 0 Å². The highest BCUT2D eigenvalue weighted by Crippen LogP contribution is 2.43. The number of fused-ring (bicyclic) bond motifs is 1. The number of phenols is 1. The Labute approximate surface area is 207 Å². The van der Waals surface area contributed by atoms with Gasteiger partial charge in [0.05, 0.1) is 11.6 Å². The fraction of sp³-hybridized carbons (Fsp3) is 0.172. The normalized spacial score (nSPS) is 19.5. The molecule has 1 amide bonds. The lowest BCUT2D eigenvalue weighted by Gasteiger charge is -2.26. The Morgan fingerprint density at radius 3 is 2.36 bits per heavy atom. The molecule has 36 heavy (non-hydrogen) atoms. The number of anilines is 2. The number of hydrogen-bond donors (Lipinski definition) is 3. The van der Waals surface area contributed by atoms with Gasteiger partial charge in [-0.2, -0.15) is 0 Å². The first kappa shape index (κ1) is 22.0. The third-order valence-corrected chi connectivity index (χ3v) is 7.07. The van der Waals surface area contributed by atoms with Crippen molar-refractivity contribution >= 4 is 39.7 Å². The molecule has 0 spiro atoms. The van der Waals surface area contributed by atoms with E-state index in [1.165, 1.54) is 17.0 Å². The molecule has 3 N–H and O–H groups in total. The van der Waals surface area contributed by atoms with Crippen molar-refractivity contribution < 1.29 is 19.8 Å². The Kier molecular flexibility index (Phi) is 5.25. The molecule has 0 bridgehead atoms. The van der Waals surface area contributed by atoms with Crippen molar-refractivity contribution in [3.8, 4) is 5.75 Å². The van der Waals surface area contributed by atoms with E-state index in [0.717, 1.165) is 42.5 Å². The second-order valence-corrected chi connectivity index (χ2v) is 9.22. The Morgan fingerprint density at radius 1 is 0.889 bits per heavy atom. The SMILES string of the molecule is O=C1C(=O)N(c2ccc(N3CCCC3)cc2)C(c2cccc(O)c2)/C1=C(/O)c1c[nH]c2ccccc12. The molecule has 0 radical (unpaired) electrons. The first-order chi connectivity index (χ1) is 17.5. The van der Waals surface area contributed by atoms with Crippen LogP contribution in [-0.2, 0) is 9.59 Å². The number of para-hydroxylation sites is 1. The van der Waals surface area contributed by atoms with E-state index in [-0.39, 0.29) is 17.1 Å². The average molecular weight is 480 g/mol. The molecule has 2 aliphatic rings. The van der Waals surface area contributed by atoms with Crippen LogP contribution in [0, 0.1) is 0 Å².